The van der Waals surface area contributed by atoms with Crippen LogP contribution in [-0.2, 0) is 0 Å². The maximum Gasteiger partial charge on any atom is 0.140 e. The van der Waals surface area contributed by atoms with E-state index in [4.69, 9.17) is 0 Å². The number of halogens is 1. The van der Waals surface area contributed by atoms with Crippen LogP contribution in [0.25, 0.3) is 10.9 Å². The number of aromatic nitrogens is 2. The van der Waals surface area contributed by atoms with Gasteiger partial charge in [0.2, 0.25) is 0 Å². The summed E-state index contributed by atoms with van der Waals surface area (Å²) in [6.45, 7) is 4.24. The van der Waals surface area contributed by atoms with Crippen LogP contribution in [0, 0.1) is 5.82 Å². The van der Waals surface area contributed by atoms with E-state index in [0.717, 1.165) is 36.4 Å². The van der Waals surface area contributed by atoms with Crippen molar-refractivity contribution >= 4 is 16.7 Å². The normalized spacial score (nSPS) is 23.3. The smallest absolute Gasteiger partial charge is 0.140 e. The van der Waals surface area contributed by atoms with Crippen molar-refractivity contribution in [3.05, 3.63) is 30.3 Å². The lowest BCUT2D eigenvalue weighted by Crippen LogP contribution is -2.55. The number of piperazine rings is 1. The van der Waals surface area contributed by atoms with E-state index in [0.29, 0.717) is 6.04 Å². The predicted octanol–water partition coefficient (Wildman–Crippen LogP) is 2.44. The Balaban J connectivity index is 1.68. The summed E-state index contributed by atoms with van der Waals surface area (Å²) in [6, 6.07) is 5.36. The van der Waals surface area contributed by atoms with Gasteiger partial charge in [0.15, 0.2) is 0 Å². The van der Waals surface area contributed by atoms with Gasteiger partial charge in [0.05, 0.1) is 5.52 Å². The molecular weight excluding hydrogens is 267 g/mol. The van der Waals surface area contributed by atoms with E-state index in [-0.39, 0.29) is 5.82 Å². The molecule has 2 aliphatic rings. The van der Waals surface area contributed by atoms with Crippen LogP contribution in [0.4, 0.5) is 10.2 Å². The van der Waals surface area contributed by atoms with Gasteiger partial charge in [0.25, 0.3) is 0 Å². The topological polar surface area (TPSA) is 32.3 Å². The number of benzene rings is 1. The molecule has 2 fully saturated rings. The third kappa shape index (κ3) is 2.35. The van der Waals surface area contributed by atoms with Gasteiger partial charge in [-0.15, -0.1) is 0 Å². The molecule has 110 valence electrons. The number of hydrogen-bond donors (Lipinski definition) is 0. The summed E-state index contributed by atoms with van der Waals surface area (Å²) >= 11 is 0. The molecule has 1 atom stereocenters. The van der Waals surface area contributed by atoms with E-state index < -0.39 is 0 Å². The highest BCUT2D eigenvalue weighted by Gasteiger charge is 2.30. The first-order valence-corrected chi connectivity index (χ1v) is 7.70. The quantitative estimate of drug-likeness (QED) is 0.806. The molecule has 0 spiro atoms. The van der Waals surface area contributed by atoms with Gasteiger partial charge >= 0.3 is 0 Å². The van der Waals surface area contributed by atoms with Crippen LogP contribution in [0.2, 0.25) is 0 Å². The molecule has 4 nitrogen and oxygen atoms in total. The van der Waals surface area contributed by atoms with Crippen LogP contribution in [-0.4, -0.2) is 47.1 Å². The van der Waals surface area contributed by atoms with Crippen molar-refractivity contribution in [3.8, 4) is 0 Å². The molecule has 0 radical (unpaired) electrons. The zero-order valence-corrected chi connectivity index (χ0v) is 12.0. The van der Waals surface area contributed by atoms with Crippen LogP contribution in [0.1, 0.15) is 19.3 Å². The Labute approximate surface area is 123 Å². The van der Waals surface area contributed by atoms with Crippen LogP contribution < -0.4 is 4.90 Å². The third-order valence-corrected chi connectivity index (χ3v) is 4.71. The molecule has 0 aliphatic carbocycles. The van der Waals surface area contributed by atoms with Gasteiger partial charge in [-0.2, -0.15) is 0 Å². The molecule has 0 N–H and O–H groups in total. The molecule has 0 saturated carbocycles. The van der Waals surface area contributed by atoms with Crippen molar-refractivity contribution in [3.63, 3.8) is 0 Å². The Bertz CT molecular complexity index is 660. The highest BCUT2D eigenvalue weighted by Crippen LogP contribution is 2.28. The van der Waals surface area contributed by atoms with Gasteiger partial charge in [-0.05, 0) is 37.6 Å². The zero-order valence-electron chi connectivity index (χ0n) is 12.0. The van der Waals surface area contributed by atoms with Crippen molar-refractivity contribution in [2.75, 3.05) is 31.1 Å². The lowest BCUT2D eigenvalue weighted by atomic mass is 9.99. The van der Waals surface area contributed by atoms with E-state index in [9.17, 15) is 4.39 Å². The summed E-state index contributed by atoms with van der Waals surface area (Å²) in [5.41, 5.74) is 0.812. The highest BCUT2D eigenvalue weighted by molar-refractivity contribution is 5.89. The average molecular weight is 286 g/mol. The highest BCUT2D eigenvalue weighted by atomic mass is 19.1. The first-order chi connectivity index (χ1) is 10.3. The van der Waals surface area contributed by atoms with E-state index in [2.05, 4.69) is 19.8 Å². The molecule has 2 aliphatic heterocycles. The monoisotopic (exact) mass is 286 g/mol. The van der Waals surface area contributed by atoms with E-state index in [1.165, 1.54) is 31.9 Å². The fraction of sp³-hybridized carbons (Fsp3) is 0.500. The molecule has 2 aromatic rings. The first-order valence-electron chi connectivity index (χ1n) is 7.70. The number of anilines is 1. The number of hydrogen-bond acceptors (Lipinski definition) is 4. The Morgan fingerprint density at radius 2 is 2.05 bits per heavy atom. The van der Waals surface area contributed by atoms with Crippen LogP contribution in [0.15, 0.2) is 24.5 Å². The molecule has 21 heavy (non-hydrogen) atoms. The summed E-state index contributed by atoms with van der Waals surface area (Å²) in [6.07, 6.45) is 5.48. The van der Waals surface area contributed by atoms with Crippen molar-refractivity contribution < 1.29 is 4.39 Å². The van der Waals surface area contributed by atoms with Crippen molar-refractivity contribution in [1.29, 1.82) is 0 Å². The Kier molecular flexibility index (Phi) is 3.22. The van der Waals surface area contributed by atoms with Gasteiger partial charge < -0.3 is 4.90 Å². The standard InChI is InChI=1S/C16H19FN4/c17-12-4-5-15-14(9-12)16(19-11-18-15)21-8-7-20-6-2-1-3-13(20)10-21/h4-5,9,11,13H,1-3,6-8,10H2. The van der Waals surface area contributed by atoms with Gasteiger partial charge in [-0.3, -0.25) is 4.90 Å². The largest absolute Gasteiger partial charge is 0.353 e. The fourth-order valence-electron chi connectivity index (χ4n) is 3.62. The van der Waals surface area contributed by atoms with Crippen molar-refractivity contribution in [2.45, 2.75) is 25.3 Å². The van der Waals surface area contributed by atoms with Crippen LogP contribution >= 0.6 is 0 Å². The maximum atomic E-state index is 13.6. The minimum Gasteiger partial charge on any atom is -0.353 e. The molecule has 2 saturated heterocycles. The molecule has 5 heteroatoms. The van der Waals surface area contributed by atoms with E-state index in [1.807, 2.05) is 0 Å². The minimum atomic E-state index is -0.227. The van der Waals surface area contributed by atoms with Gasteiger partial charge in [0, 0.05) is 31.1 Å². The first kappa shape index (κ1) is 13.0. The second-order valence-corrected chi connectivity index (χ2v) is 5.99. The summed E-state index contributed by atoms with van der Waals surface area (Å²) in [7, 11) is 0. The average Bonchev–Trinajstić information content (AvgIpc) is 2.54. The van der Waals surface area contributed by atoms with Gasteiger partial charge in [0.1, 0.15) is 18.0 Å². The molecule has 4 rings (SSSR count). The second-order valence-electron chi connectivity index (χ2n) is 5.99. The van der Waals surface area contributed by atoms with Crippen molar-refractivity contribution in [1.82, 2.24) is 14.9 Å². The predicted molar refractivity (Wildman–Crippen MR) is 80.9 cm³/mol. The molecule has 1 unspecified atom stereocenters. The summed E-state index contributed by atoms with van der Waals surface area (Å²) in [4.78, 5) is 13.6. The van der Waals surface area contributed by atoms with Crippen LogP contribution in [0.3, 0.4) is 0 Å². The van der Waals surface area contributed by atoms with Crippen molar-refractivity contribution in [2.24, 2.45) is 0 Å². The summed E-state index contributed by atoms with van der Waals surface area (Å²) in [5, 5.41) is 0.821. The maximum absolute atomic E-state index is 13.6. The lowest BCUT2D eigenvalue weighted by Gasteiger charge is -2.44. The Morgan fingerprint density at radius 1 is 1.10 bits per heavy atom. The Hall–Kier alpha value is -1.75. The summed E-state index contributed by atoms with van der Waals surface area (Å²) in [5.74, 6) is 0.652. The van der Waals surface area contributed by atoms with Gasteiger partial charge in [-0.25, -0.2) is 14.4 Å². The lowest BCUT2D eigenvalue weighted by molar-refractivity contribution is 0.133. The molecule has 1 aromatic carbocycles. The molecule has 0 bridgehead atoms. The molecular formula is C16H19FN4. The second kappa shape index (κ2) is 5.22. The van der Waals surface area contributed by atoms with E-state index >= 15 is 0 Å². The number of nitrogens with zero attached hydrogens (tertiary/aromatic N) is 4. The van der Waals surface area contributed by atoms with Crippen LogP contribution in [0.5, 0.6) is 0 Å². The third-order valence-electron chi connectivity index (χ3n) is 4.71. The number of rotatable bonds is 1. The summed E-state index contributed by atoms with van der Waals surface area (Å²) < 4.78 is 13.6. The molecule has 0 amide bonds. The molecule has 1 aromatic heterocycles. The number of piperidine rings is 1. The zero-order chi connectivity index (χ0) is 14.2. The SMILES string of the molecule is Fc1ccc2ncnc(N3CCN4CCCCC4C3)c2c1. The number of fused-ring (bicyclic) bond motifs is 2. The molecule has 3 heterocycles. The Morgan fingerprint density at radius 3 is 3.00 bits per heavy atom. The van der Waals surface area contributed by atoms with Gasteiger partial charge in [-0.1, -0.05) is 6.42 Å². The van der Waals surface area contributed by atoms with E-state index in [1.54, 1.807) is 18.5 Å². The minimum absolute atomic E-state index is 0.227. The fourth-order valence-corrected chi connectivity index (χ4v) is 3.62.